The van der Waals surface area contributed by atoms with Gasteiger partial charge in [-0.1, -0.05) is 0 Å². The van der Waals surface area contributed by atoms with Gasteiger partial charge in [-0.15, -0.1) is 0 Å². The molecule has 2 aromatic rings. The molecule has 0 aliphatic rings. The standard InChI is InChI=1S/C20H24O8/c1-7-25-17-15(27-19(21)23-5)13-9-11(3)12(4)10-14(13)16(18(17)26-8-2)28-20(22)24-6/h9-10H,7-8H2,1-6H3. The minimum absolute atomic E-state index is 0.118. The van der Waals surface area contributed by atoms with E-state index in [4.69, 9.17) is 18.9 Å². The van der Waals surface area contributed by atoms with Crippen molar-refractivity contribution in [3.63, 3.8) is 0 Å². The maximum absolute atomic E-state index is 11.9. The van der Waals surface area contributed by atoms with Crippen molar-refractivity contribution in [2.45, 2.75) is 27.7 Å². The number of hydrogen-bond acceptors (Lipinski definition) is 8. The molecule has 0 unspecified atom stereocenters. The number of aryl methyl sites for hydroxylation is 2. The molecule has 0 aliphatic heterocycles. The number of benzene rings is 2. The number of rotatable bonds is 6. The van der Waals surface area contributed by atoms with Crippen LogP contribution >= 0.6 is 0 Å². The van der Waals surface area contributed by atoms with Gasteiger partial charge in [-0.05, 0) is 51.0 Å². The molecule has 0 saturated heterocycles. The maximum atomic E-state index is 11.9. The van der Waals surface area contributed by atoms with Gasteiger partial charge in [0.1, 0.15) is 0 Å². The second-order valence-corrected chi connectivity index (χ2v) is 5.78. The number of carbonyl (C=O) groups excluding carboxylic acids is 2. The predicted octanol–water partition coefficient (Wildman–Crippen LogP) is 4.54. The molecule has 0 fully saturated rings. The Hall–Kier alpha value is -3.16. The van der Waals surface area contributed by atoms with Crippen LogP contribution in [0.4, 0.5) is 9.59 Å². The fraction of sp³-hybridized carbons (Fsp3) is 0.400. The lowest BCUT2D eigenvalue weighted by Crippen LogP contribution is -2.13. The average molecular weight is 392 g/mol. The van der Waals surface area contributed by atoms with Gasteiger partial charge in [-0.25, -0.2) is 9.59 Å². The zero-order valence-electron chi connectivity index (χ0n) is 16.8. The second-order valence-electron chi connectivity index (χ2n) is 5.78. The third kappa shape index (κ3) is 4.21. The third-order valence-corrected chi connectivity index (χ3v) is 4.02. The Balaban J connectivity index is 2.95. The molecule has 8 heteroatoms. The number of carbonyl (C=O) groups is 2. The molecular weight excluding hydrogens is 368 g/mol. The van der Waals surface area contributed by atoms with E-state index in [2.05, 4.69) is 9.47 Å². The minimum Gasteiger partial charge on any atom is -0.487 e. The molecular formula is C20H24O8. The summed E-state index contributed by atoms with van der Waals surface area (Å²) in [6, 6.07) is 3.62. The molecule has 0 atom stereocenters. The van der Waals surface area contributed by atoms with E-state index in [1.165, 1.54) is 14.2 Å². The molecule has 0 N–H and O–H groups in total. The SMILES string of the molecule is CCOc1c(OCC)c(OC(=O)OC)c2cc(C)c(C)cc2c1OC(=O)OC. The summed E-state index contributed by atoms with van der Waals surface area (Å²) in [6.07, 6.45) is -1.82. The van der Waals surface area contributed by atoms with E-state index in [9.17, 15) is 9.59 Å². The monoisotopic (exact) mass is 392 g/mol. The molecule has 2 rings (SSSR count). The largest absolute Gasteiger partial charge is 0.513 e. The van der Waals surface area contributed by atoms with Crippen molar-refractivity contribution < 1.29 is 38.0 Å². The van der Waals surface area contributed by atoms with E-state index in [-0.39, 0.29) is 36.2 Å². The Kier molecular flexibility index (Phi) is 6.92. The average Bonchev–Trinajstić information content (AvgIpc) is 2.68. The van der Waals surface area contributed by atoms with Crippen LogP contribution in [0.2, 0.25) is 0 Å². The van der Waals surface area contributed by atoms with Gasteiger partial charge < -0.3 is 28.4 Å². The molecule has 0 saturated carbocycles. The maximum Gasteiger partial charge on any atom is 0.513 e. The van der Waals surface area contributed by atoms with Crippen LogP contribution in [0.5, 0.6) is 23.0 Å². The Labute approximate surface area is 163 Å². The van der Waals surface area contributed by atoms with Crippen LogP contribution in [0.15, 0.2) is 12.1 Å². The molecule has 0 radical (unpaired) electrons. The van der Waals surface area contributed by atoms with Crippen LogP contribution in [-0.4, -0.2) is 39.7 Å². The van der Waals surface area contributed by atoms with Gasteiger partial charge in [0.25, 0.3) is 0 Å². The van der Waals surface area contributed by atoms with Gasteiger partial charge in [-0.3, -0.25) is 0 Å². The second kappa shape index (κ2) is 9.16. The highest BCUT2D eigenvalue weighted by Gasteiger charge is 2.28. The molecule has 2 aromatic carbocycles. The van der Waals surface area contributed by atoms with Crippen LogP contribution in [-0.2, 0) is 9.47 Å². The summed E-state index contributed by atoms with van der Waals surface area (Å²) >= 11 is 0. The molecule has 8 nitrogen and oxygen atoms in total. The van der Waals surface area contributed by atoms with Crippen molar-refractivity contribution >= 4 is 23.1 Å². The lowest BCUT2D eigenvalue weighted by atomic mass is 10.00. The van der Waals surface area contributed by atoms with Gasteiger partial charge in [0.2, 0.25) is 11.5 Å². The molecule has 0 bridgehead atoms. The first-order valence-corrected chi connectivity index (χ1v) is 8.75. The first-order valence-electron chi connectivity index (χ1n) is 8.75. The Morgan fingerprint density at radius 1 is 0.714 bits per heavy atom. The fourth-order valence-corrected chi connectivity index (χ4v) is 2.65. The predicted molar refractivity (Wildman–Crippen MR) is 102 cm³/mol. The van der Waals surface area contributed by atoms with Crippen molar-refractivity contribution in [1.29, 1.82) is 0 Å². The van der Waals surface area contributed by atoms with E-state index < -0.39 is 12.3 Å². The summed E-state index contributed by atoms with van der Waals surface area (Å²) in [5.74, 6) is 0.494. The smallest absolute Gasteiger partial charge is 0.487 e. The highest BCUT2D eigenvalue weighted by molar-refractivity contribution is 6.01. The molecule has 0 aromatic heterocycles. The summed E-state index contributed by atoms with van der Waals surface area (Å²) in [4.78, 5) is 23.7. The summed E-state index contributed by atoms with van der Waals surface area (Å²) in [6.45, 7) is 7.87. The van der Waals surface area contributed by atoms with Crippen molar-refractivity contribution in [1.82, 2.24) is 0 Å². The van der Waals surface area contributed by atoms with Gasteiger partial charge in [-0.2, -0.15) is 0 Å². The van der Waals surface area contributed by atoms with Crippen molar-refractivity contribution in [3.8, 4) is 23.0 Å². The van der Waals surface area contributed by atoms with Crippen LogP contribution in [0.3, 0.4) is 0 Å². The lowest BCUT2D eigenvalue weighted by molar-refractivity contribution is 0.116. The Morgan fingerprint density at radius 3 is 1.36 bits per heavy atom. The topological polar surface area (TPSA) is 89.5 Å². The van der Waals surface area contributed by atoms with Crippen molar-refractivity contribution in [2.75, 3.05) is 27.4 Å². The van der Waals surface area contributed by atoms with Crippen LogP contribution in [0, 0.1) is 13.8 Å². The van der Waals surface area contributed by atoms with Gasteiger partial charge >= 0.3 is 12.3 Å². The van der Waals surface area contributed by atoms with Crippen LogP contribution in [0.1, 0.15) is 25.0 Å². The summed E-state index contributed by atoms with van der Waals surface area (Å²) in [7, 11) is 2.41. The fourth-order valence-electron chi connectivity index (χ4n) is 2.65. The lowest BCUT2D eigenvalue weighted by Gasteiger charge is -2.21. The van der Waals surface area contributed by atoms with Crippen molar-refractivity contribution in [3.05, 3.63) is 23.3 Å². The van der Waals surface area contributed by atoms with E-state index in [1.54, 1.807) is 13.8 Å². The summed E-state index contributed by atoms with van der Waals surface area (Å²) < 4.78 is 31.5. The normalized spacial score (nSPS) is 10.4. The number of hydrogen-bond donors (Lipinski definition) is 0. The van der Waals surface area contributed by atoms with Gasteiger partial charge in [0, 0.05) is 10.8 Å². The number of ether oxygens (including phenoxy) is 6. The van der Waals surface area contributed by atoms with E-state index in [1.807, 2.05) is 26.0 Å². The number of fused-ring (bicyclic) bond motifs is 1. The van der Waals surface area contributed by atoms with Crippen LogP contribution < -0.4 is 18.9 Å². The summed E-state index contributed by atoms with van der Waals surface area (Å²) in [5, 5.41) is 0.999. The highest BCUT2D eigenvalue weighted by Crippen LogP contribution is 2.52. The quantitative estimate of drug-likeness (QED) is 0.523. The molecule has 0 heterocycles. The zero-order chi connectivity index (χ0) is 20.8. The molecule has 0 amide bonds. The molecule has 0 spiro atoms. The molecule has 152 valence electrons. The third-order valence-electron chi connectivity index (χ3n) is 4.02. The molecule has 28 heavy (non-hydrogen) atoms. The van der Waals surface area contributed by atoms with E-state index in [0.29, 0.717) is 10.8 Å². The minimum atomic E-state index is -0.912. The number of methoxy groups -OCH3 is 2. The van der Waals surface area contributed by atoms with Crippen LogP contribution in [0.25, 0.3) is 10.8 Å². The molecule has 0 aliphatic carbocycles. The Bertz CT molecular complexity index is 815. The van der Waals surface area contributed by atoms with E-state index in [0.717, 1.165) is 11.1 Å². The van der Waals surface area contributed by atoms with Gasteiger partial charge in [0.05, 0.1) is 27.4 Å². The zero-order valence-corrected chi connectivity index (χ0v) is 16.8. The van der Waals surface area contributed by atoms with Crippen molar-refractivity contribution in [2.24, 2.45) is 0 Å². The van der Waals surface area contributed by atoms with E-state index >= 15 is 0 Å². The first-order chi connectivity index (χ1) is 13.4. The highest BCUT2D eigenvalue weighted by atomic mass is 16.7. The summed E-state index contributed by atoms with van der Waals surface area (Å²) in [5.41, 5.74) is 1.88. The Morgan fingerprint density at radius 2 is 1.07 bits per heavy atom. The van der Waals surface area contributed by atoms with Gasteiger partial charge in [0.15, 0.2) is 11.5 Å². The first kappa shape index (κ1) is 21.1.